The summed E-state index contributed by atoms with van der Waals surface area (Å²) >= 11 is 0. The van der Waals surface area contributed by atoms with Crippen molar-refractivity contribution in [3.63, 3.8) is 0 Å². The predicted octanol–water partition coefficient (Wildman–Crippen LogP) is 2.58. The minimum absolute atomic E-state index is 0.0461. The van der Waals surface area contributed by atoms with Gasteiger partial charge >= 0.3 is 0 Å². The second-order valence-electron chi connectivity index (χ2n) is 2.94. The van der Waals surface area contributed by atoms with Crippen molar-refractivity contribution in [1.82, 2.24) is 0 Å². The van der Waals surface area contributed by atoms with E-state index in [9.17, 15) is 4.39 Å². The lowest BCUT2D eigenvalue weighted by Crippen LogP contribution is -1.96. The second kappa shape index (κ2) is 4.60. The van der Waals surface area contributed by atoms with E-state index in [1.165, 1.54) is 18.3 Å². The molecule has 0 atom stereocenters. The van der Waals surface area contributed by atoms with E-state index in [-0.39, 0.29) is 11.9 Å². The summed E-state index contributed by atoms with van der Waals surface area (Å²) in [5.74, 6) is -0.270. The fourth-order valence-corrected chi connectivity index (χ4v) is 0.800. The van der Waals surface area contributed by atoms with Gasteiger partial charge in [-0.25, -0.2) is 4.39 Å². The van der Waals surface area contributed by atoms with E-state index >= 15 is 0 Å². The van der Waals surface area contributed by atoms with Crippen LogP contribution < -0.4 is 0 Å². The van der Waals surface area contributed by atoms with Crippen LogP contribution in [0.5, 0.6) is 0 Å². The van der Waals surface area contributed by atoms with Crippen molar-refractivity contribution in [3.8, 4) is 0 Å². The zero-order chi connectivity index (χ0) is 9.68. The van der Waals surface area contributed by atoms with Gasteiger partial charge in [0.1, 0.15) is 11.9 Å². The van der Waals surface area contributed by atoms with Crippen molar-refractivity contribution >= 4 is 6.21 Å². The Hall–Kier alpha value is -1.38. The molecule has 0 aliphatic carbocycles. The largest absolute Gasteiger partial charge is 0.393 e. The van der Waals surface area contributed by atoms with Gasteiger partial charge in [0.05, 0.1) is 6.21 Å². The zero-order valence-electron chi connectivity index (χ0n) is 7.70. The number of nitrogens with zero attached hydrogens (tertiary/aromatic N) is 1. The monoisotopic (exact) mass is 181 g/mol. The van der Waals surface area contributed by atoms with Crippen LogP contribution in [0.3, 0.4) is 0 Å². The van der Waals surface area contributed by atoms with Gasteiger partial charge in [-0.1, -0.05) is 17.3 Å². The van der Waals surface area contributed by atoms with Crippen LogP contribution in [-0.4, -0.2) is 12.3 Å². The molecule has 0 saturated carbocycles. The third kappa shape index (κ3) is 3.69. The van der Waals surface area contributed by atoms with Crippen LogP contribution in [0.1, 0.15) is 19.4 Å². The molecule has 1 rings (SSSR count). The van der Waals surface area contributed by atoms with Gasteiger partial charge < -0.3 is 4.84 Å². The Morgan fingerprint density at radius 1 is 1.46 bits per heavy atom. The molecule has 0 bridgehead atoms. The summed E-state index contributed by atoms with van der Waals surface area (Å²) in [6, 6.07) is 6.18. The van der Waals surface area contributed by atoms with Crippen LogP contribution in [0, 0.1) is 5.82 Å². The highest BCUT2D eigenvalue weighted by molar-refractivity contribution is 5.78. The van der Waals surface area contributed by atoms with Gasteiger partial charge in [-0.05, 0) is 31.5 Å². The van der Waals surface area contributed by atoms with Crippen molar-refractivity contribution in [2.24, 2.45) is 5.16 Å². The molecule has 0 aliphatic heterocycles. The summed E-state index contributed by atoms with van der Waals surface area (Å²) in [7, 11) is 0. The topological polar surface area (TPSA) is 21.6 Å². The summed E-state index contributed by atoms with van der Waals surface area (Å²) in [4.78, 5) is 4.93. The molecule has 1 aromatic rings. The third-order valence-electron chi connectivity index (χ3n) is 1.32. The van der Waals surface area contributed by atoms with Crippen LogP contribution >= 0.6 is 0 Å². The maximum atomic E-state index is 12.7. The lowest BCUT2D eigenvalue weighted by atomic mass is 10.2. The van der Waals surface area contributed by atoms with Gasteiger partial charge in [-0.15, -0.1) is 0 Å². The van der Waals surface area contributed by atoms with Crippen LogP contribution in [0.2, 0.25) is 0 Å². The standard InChI is InChI=1S/C10H12FNO/c1-8(2)13-12-7-9-4-3-5-10(11)6-9/h3-8H,1-2H3. The van der Waals surface area contributed by atoms with E-state index in [2.05, 4.69) is 5.16 Å². The van der Waals surface area contributed by atoms with Gasteiger partial charge in [0.15, 0.2) is 0 Å². The Balaban J connectivity index is 2.58. The maximum absolute atomic E-state index is 12.7. The first-order chi connectivity index (χ1) is 6.18. The Morgan fingerprint density at radius 3 is 2.85 bits per heavy atom. The summed E-state index contributed by atoms with van der Waals surface area (Å²) in [6.07, 6.45) is 1.54. The molecule has 0 heterocycles. The SMILES string of the molecule is CC(C)ON=Cc1cccc(F)c1. The van der Waals surface area contributed by atoms with Crippen molar-refractivity contribution in [2.75, 3.05) is 0 Å². The molecule has 3 heteroatoms. The summed E-state index contributed by atoms with van der Waals surface area (Å²) in [5, 5.41) is 3.69. The van der Waals surface area contributed by atoms with E-state index in [1.54, 1.807) is 12.1 Å². The zero-order valence-corrected chi connectivity index (χ0v) is 7.70. The molecule has 0 fully saturated rings. The molecule has 0 amide bonds. The van der Waals surface area contributed by atoms with Gasteiger partial charge in [0, 0.05) is 0 Å². The molecule has 2 nitrogen and oxygen atoms in total. The van der Waals surface area contributed by atoms with Crippen LogP contribution in [-0.2, 0) is 4.84 Å². The normalized spacial score (nSPS) is 11.1. The molecular weight excluding hydrogens is 169 g/mol. The number of rotatable bonds is 3. The van der Waals surface area contributed by atoms with Gasteiger partial charge in [0.25, 0.3) is 0 Å². The average Bonchev–Trinajstić information content (AvgIpc) is 2.03. The maximum Gasteiger partial charge on any atom is 0.123 e. The molecule has 1 aromatic carbocycles. The molecule has 0 spiro atoms. The molecule has 70 valence electrons. The number of halogens is 1. The lowest BCUT2D eigenvalue weighted by Gasteiger charge is -2.00. The highest BCUT2D eigenvalue weighted by Gasteiger charge is 1.91. The summed E-state index contributed by atoms with van der Waals surface area (Å²) in [5.41, 5.74) is 0.695. The van der Waals surface area contributed by atoms with Gasteiger partial charge in [0.2, 0.25) is 0 Å². The molecule has 0 aromatic heterocycles. The molecule has 0 aliphatic rings. The highest BCUT2D eigenvalue weighted by Crippen LogP contribution is 2.00. The van der Waals surface area contributed by atoms with E-state index in [4.69, 9.17) is 4.84 Å². The molecule has 0 unspecified atom stereocenters. The van der Waals surface area contributed by atoms with Crippen LogP contribution in [0.15, 0.2) is 29.4 Å². The molecule has 0 saturated heterocycles. The Bertz CT molecular complexity index is 297. The van der Waals surface area contributed by atoms with E-state index in [0.29, 0.717) is 5.56 Å². The predicted molar refractivity (Wildman–Crippen MR) is 50.2 cm³/mol. The van der Waals surface area contributed by atoms with Gasteiger partial charge in [-0.2, -0.15) is 0 Å². The van der Waals surface area contributed by atoms with Crippen molar-refractivity contribution < 1.29 is 9.23 Å². The first-order valence-electron chi connectivity index (χ1n) is 4.13. The Morgan fingerprint density at radius 2 is 2.23 bits per heavy atom. The molecule has 13 heavy (non-hydrogen) atoms. The first-order valence-corrected chi connectivity index (χ1v) is 4.13. The minimum atomic E-state index is -0.270. The lowest BCUT2D eigenvalue weighted by molar-refractivity contribution is 0.0874. The Kier molecular flexibility index (Phi) is 3.43. The van der Waals surface area contributed by atoms with Crippen molar-refractivity contribution in [3.05, 3.63) is 35.6 Å². The van der Waals surface area contributed by atoms with E-state index in [0.717, 1.165) is 0 Å². The Labute approximate surface area is 77.0 Å². The first kappa shape index (κ1) is 9.71. The second-order valence-corrected chi connectivity index (χ2v) is 2.94. The van der Waals surface area contributed by atoms with E-state index < -0.39 is 0 Å². The fraction of sp³-hybridized carbons (Fsp3) is 0.300. The van der Waals surface area contributed by atoms with Crippen LogP contribution in [0.4, 0.5) is 4.39 Å². The van der Waals surface area contributed by atoms with Crippen molar-refractivity contribution in [2.45, 2.75) is 20.0 Å². The minimum Gasteiger partial charge on any atom is -0.393 e. The molecular formula is C10H12FNO. The van der Waals surface area contributed by atoms with Gasteiger partial charge in [-0.3, -0.25) is 0 Å². The molecule has 0 N–H and O–H groups in total. The number of hydrogen-bond donors (Lipinski definition) is 0. The fourth-order valence-electron chi connectivity index (χ4n) is 0.800. The van der Waals surface area contributed by atoms with Crippen molar-refractivity contribution in [1.29, 1.82) is 0 Å². The molecule has 0 radical (unpaired) electrons. The quantitative estimate of drug-likeness (QED) is 0.518. The van der Waals surface area contributed by atoms with E-state index in [1.807, 2.05) is 13.8 Å². The number of benzene rings is 1. The number of hydrogen-bond acceptors (Lipinski definition) is 2. The van der Waals surface area contributed by atoms with Crippen LogP contribution in [0.25, 0.3) is 0 Å². The third-order valence-corrected chi connectivity index (χ3v) is 1.32. The highest BCUT2D eigenvalue weighted by atomic mass is 19.1. The summed E-state index contributed by atoms with van der Waals surface area (Å²) < 4.78 is 12.7. The number of oxime groups is 1. The smallest absolute Gasteiger partial charge is 0.123 e. The average molecular weight is 181 g/mol. The summed E-state index contributed by atoms with van der Waals surface area (Å²) in [6.45, 7) is 3.76.